The van der Waals surface area contributed by atoms with Crippen LogP contribution in [0.2, 0.25) is 0 Å². The van der Waals surface area contributed by atoms with Crippen LogP contribution < -0.4 is 21.3 Å². The van der Waals surface area contributed by atoms with Gasteiger partial charge in [-0.05, 0) is 37.3 Å². The Morgan fingerprint density at radius 1 is 0.675 bits per heavy atom. The number of hydrogen-bond acceptors (Lipinski definition) is 6. The molecule has 216 valence electrons. The molecular formula is C29H38N4O7. The van der Waals surface area contributed by atoms with Gasteiger partial charge in [-0.1, -0.05) is 74.5 Å². The van der Waals surface area contributed by atoms with E-state index < -0.39 is 54.0 Å². The fourth-order valence-corrected chi connectivity index (χ4v) is 3.74. The first kappa shape index (κ1) is 31.8. The van der Waals surface area contributed by atoms with Crippen LogP contribution in [0.15, 0.2) is 60.7 Å². The number of carboxylic acids is 1. The van der Waals surface area contributed by atoms with Gasteiger partial charge in [0.05, 0.1) is 0 Å². The predicted molar refractivity (Wildman–Crippen MR) is 148 cm³/mol. The number of ether oxygens (including phenoxy) is 1. The molecule has 0 radical (unpaired) electrons. The molecule has 5 N–H and O–H groups in total. The van der Waals surface area contributed by atoms with Crippen LogP contribution in [0.1, 0.15) is 45.2 Å². The van der Waals surface area contributed by atoms with E-state index in [-0.39, 0.29) is 18.9 Å². The minimum absolute atomic E-state index is 0.0372. The second-order valence-corrected chi connectivity index (χ2v) is 9.94. The van der Waals surface area contributed by atoms with Gasteiger partial charge in [-0.2, -0.15) is 0 Å². The lowest BCUT2D eigenvalue weighted by molar-refractivity contribution is -0.142. The largest absolute Gasteiger partial charge is 0.480 e. The van der Waals surface area contributed by atoms with Gasteiger partial charge in [0, 0.05) is 6.42 Å². The third-order valence-corrected chi connectivity index (χ3v) is 5.93. The van der Waals surface area contributed by atoms with Crippen molar-refractivity contribution in [1.82, 2.24) is 21.3 Å². The number of carboxylic acid groups (broad SMARTS) is 1. The summed E-state index contributed by atoms with van der Waals surface area (Å²) in [4.78, 5) is 62.2. The Bertz CT molecular complexity index is 1140. The van der Waals surface area contributed by atoms with Crippen molar-refractivity contribution < 1.29 is 33.8 Å². The maximum atomic E-state index is 12.9. The van der Waals surface area contributed by atoms with E-state index in [4.69, 9.17) is 4.74 Å². The molecule has 2 aromatic rings. The molecule has 0 unspecified atom stereocenters. The summed E-state index contributed by atoms with van der Waals surface area (Å²) in [7, 11) is 0. The van der Waals surface area contributed by atoms with E-state index in [9.17, 15) is 29.1 Å². The van der Waals surface area contributed by atoms with E-state index in [1.54, 1.807) is 42.5 Å². The fourth-order valence-electron chi connectivity index (χ4n) is 3.74. The topological polar surface area (TPSA) is 163 Å². The fraction of sp³-hybridized carbons (Fsp3) is 0.414. The van der Waals surface area contributed by atoms with Crippen LogP contribution in [0, 0.1) is 5.92 Å². The van der Waals surface area contributed by atoms with Crippen molar-refractivity contribution in [3.63, 3.8) is 0 Å². The van der Waals surface area contributed by atoms with Crippen LogP contribution in [0.4, 0.5) is 4.79 Å². The first-order valence-corrected chi connectivity index (χ1v) is 13.1. The maximum Gasteiger partial charge on any atom is 0.408 e. The molecule has 0 aliphatic rings. The molecule has 0 saturated heterocycles. The van der Waals surface area contributed by atoms with Crippen molar-refractivity contribution >= 4 is 29.8 Å². The molecule has 0 fully saturated rings. The lowest BCUT2D eigenvalue weighted by Gasteiger charge is -2.23. The molecule has 2 rings (SSSR count). The standard InChI is InChI=1S/C29H38N4O7/c1-18(2)15-23(33-29(39)40-17-22-13-9-6-10-14-22)27(36)31-19(3)25(34)30-20(4)26(35)32-24(28(37)38)16-21-11-7-5-8-12-21/h5-14,18-20,23-24H,15-17H2,1-4H3,(H,30,34)(H,31,36)(H,32,35)(H,33,39)(H,37,38)/t19-,20-,23-,24-/m0/s1. The Kier molecular flexibility index (Phi) is 12.6. The molecule has 0 aliphatic carbocycles. The van der Waals surface area contributed by atoms with Crippen molar-refractivity contribution in [3.8, 4) is 0 Å². The molecule has 0 heterocycles. The first-order chi connectivity index (χ1) is 19.0. The van der Waals surface area contributed by atoms with E-state index in [2.05, 4.69) is 21.3 Å². The van der Waals surface area contributed by atoms with E-state index in [1.165, 1.54) is 13.8 Å². The minimum atomic E-state index is -1.21. The average molecular weight is 555 g/mol. The zero-order chi connectivity index (χ0) is 29.7. The number of rotatable bonds is 14. The molecule has 11 nitrogen and oxygen atoms in total. The van der Waals surface area contributed by atoms with Crippen LogP contribution in [-0.2, 0) is 36.9 Å². The minimum Gasteiger partial charge on any atom is -0.480 e. The molecule has 0 spiro atoms. The molecule has 0 aliphatic heterocycles. The molecule has 0 bridgehead atoms. The Hall–Kier alpha value is -4.41. The van der Waals surface area contributed by atoms with E-state index in [0.717, 1.165) is 11.1 Å². The average Bonchev–Trinajstić information content (AvgIpc) is 2.91. The second-order valence-electron chi connectivity index (χ2n) is 9.94. The third kappa shape index (κ3) is 11.1. The number of aliphatic carboxylic acids is 1. The molecule has 4 atom stereocenters. The first-order valence-electron chi connectivity index (χ1n) is 13.1. The highest BCUT2D eigenvalue weighted by Gasteiger charge is 2.28. The number of amides is 4. The van der Waals surface area contributed by atoms with Crippen molar-refractivity contribution in [3.05, 3.63) is 71.8 Å². The smallest absolute Gasteiger partial charge is 0.408 e. The van der Waals surface area contributed by atoms with Gasteiger partial charge in [0.1, 0.15) is 30.8 Å². The van der Waals surface area contributed by atoms with Gasteiger partial charge in [-0.25, -0.2) is 9.59 Å². The molecule has 0 aromatic heterocycles. The van der Waals surface area contributed by atoms with Gasteiger partial charge in [-0.3, -0.25) is 14.4 Å². The Morgan fingerprint density at radius 3 is 1.70 bits per heavy atom. The lowest BCUT2D eigenvalue weighted by Crippen LogP contribution is -2.56. The Labute approximate surface area is 234 Å². The molecule has 2 aromatic carbocycles. The molecule has 11 heteroatoms. The van der Waals surface area contributed by atoms with Crippen LogP contribution >= 0.6 is 0 Å². The number of alkyl carbamates (subject to hydrolysis) is 1. The number of hydrogen-bond donors (Lipinski definition) is 5. The van der Waals surface area contributed by atoms with Crippen LogP contribution in [0.25, 0.3) is 0 Å². The third-order valence-electron chi connectivity index (χ3n) is 5.93. The summed E-state index contributed by atoms with van der Waals surface area (Å²) >= 11 is 0. The van der Waals surface area contributed by atoms with Crippen molar-refractivity contribution in [2.24, 2.45) is 5.92 Å². The quantitative estimate of drug-likeness (QED) is 0.239. The van der Waals surface area contributed by atoms with Gasteiger partial charge in [0.2, 0.25) is 17.7 Å². The van der Waals surface area contributed by atoms with Crippen LogP contribution in [0.3, 0.4) is 0 Å². The zero-order valence-electron chi connectivity index (χ0n) is 23.2. The number of carbonyl (C=O) groups excluding carboxylic acids is 4. The highest BCUT2D eigenvalue weighted by atomic mass is 16.5. The van der Waals surface area contributed by atoms with Gasteiger partial charge in [0.25, 0.3) is 0 Å². The lowest BCUT2D eigenvalue weighted by atomic mass is 10.0. The summed E-state index contributed by atoms with van der Waals surface area (Å²) in [6, 6.07) is 13.7. The van der Waals surface area contributed by atoms with E-state index in [1.807, 2.05) is 32.0 Å². The summed E-state index contributed by atoms with van der Waals surface area (Å²) in [5.74, 6) is -3.08. The van der Waals surface area contributed by atoms with Gasteiger partial charge < -0.3 is 31.1 Å². The van der Waals surface area contributed by atoms with Gasteiger partial charge >= 0.3 is 12.1 Å². The number of benzene rings is 2. The highest BCUT2D eigenvalue weighted by molar-refractivity contribution is 5.94. The van der Waals surface area contributed by atoms with Crippen molar-refractivity contribution in [1.29, 1.82) is 0 Å². The summed E-state index contributed by atoms with van der Waals surface area (Å²) in [6.07, 6.45) is -0.389. The van der Waals surface area contributed by atoms with Crippen LogP contribution in [0.5, 0.6) is 0 Å². The van der Waals surface area contributed by atoms with Gasteiger partial charge in [-0.15, -0.1) is 0 Å². The molecule has 0 saturated carbocycles. The second kappa shape index (κ2) is 15.9. The number of carbonyl (C=O) groups is 5. The monoisotopic (exact) mass is 554 g/mol. The summed E-state index contributed by atoms with van der Waals surface area (Å²) < 4.78 is 5.21. The molecular weight excluding hydrogens is 516 g/mol. The normalized spacial score (nSPS) is 13.7. The summed E-state index contributed by atoms with van der Waals surface area (Å²) in [5.41, 5.74) is 1.53. The maximum absolute atomic E-state index is 12.9. The zero-order valence-corrected chi connectivity index (χ0v) is 23.2. The van der Waals surface area contributed by atoms with E-state index >= 15 is 0 Å². The Morgan fingerprint density at radius 2 is 1.18 bits per heavy atom. The molecule has 40 heavy (non-hydrogen) atoms. The number of nitrogens with one attached hydrogen (secondary N) is 4. The summed E-state index contributed by atoms with van der Waals surface area (Å²) in [6.45, 7) is 6.66. The van der Waals surface area contributed by atoms with E-state index in [0.29, 0.717) is 6.42 Å². The SMILES string of the molecule is CC(C)C[C@H](NC(=O)OCc1ccccc1)C(=O)N[C@@H](C)C(=O)N[C@@H](C)C(=O)N[C@@H](Cc1ccccc1)C(=O)O. The van der Waals surface area contributed by atoms with Crippen molar-refractivity contribution in [2.45, 2.75) is 71.3 Å². The molecule has 4 amide bonds. The van der Waals surface area contributed by atoms with Crippen molar-refractivity contribution in [2.75, 3.05) is 0 Å². The van der Waals surface area contributed by atoms with Gasteiger partial charge in [0.15, 0.2) is 0 Å². The summed E-state index contributed by atoms with van der Waals surface area (Å²) in [5, 5.41) is 19.5. The predicted octanol–water partition coefficient (Wildman–Crippen LogP) is 2.15. The Balaban J connectivity index is 1.89. The van der Waals surface area contributed by atoms with Crippen LogP contribution in [-0.4, -0.2) is 59.1 Å². The highest BCUT2D eigenvalue weighted by Crippen LogP contribution is 2.08.